The van der Waals surface area contributed by atoms with Crippen LogP contribution in [0.4, 0.5) is 0 Å². The maximum absolute atomic E-state index is 12.6. The number of rotatable bonds is 7. The molecule has 1 atom stereocenters. The van der Waals surface area contributed by atoms with Gasteiger partial charge in [0.15, 0.2) is 0 Å². The van der Waals surface area contributed by atoms with Crippen molar-refractivity contribution >= 4 is 16.1 Å². The molecule has 3 nitrogen and oxygen atoms in total. The van der Waals surface area contributed by atoms with Gasteiger partial charge in [-0.25, -0.2) is 13.1 Å². The van der Waals surface area contributed by atoms with Crippen molar-refractivity contribution in [3.63, 3.8) is 0 Å². The van der Waals surface area contributed by atoms with E-state index in [2.05, 4.69) is 18.6 Å². The zero-order valence-electron chi connectivity index (χ0n) is 14.4. The second-order valence-corrected chi connectivity index (χ2v) is 8.15. The van der Waals surface area contributed by atoms with E-state index in [-0.39, 0.29) is 6.04 Å². The molecule has 0 saturated heterocycles. The van der Waals surface area contributed by atoms with Crippen LogP contribution in [-0.2, 0) is 10.0 Å². The first-order chi connectivity index (χ1) is 11.4. The van der Waals surface area contributed by atoms with Gasteiger partial charge in [0.2, 0.25) is 10.0 Å². The SMILES string of the molecule is Cc1ccc(S(=O)(=O)N[C@@H](/C=C/c2ccccc2)CC(C)C)cc1. The van der Waals surface area contributed by atoms with E-state index in [9.17, 15) is 8.42 Å². The van der Waals surface area contributed by atoms with Crippen LogP contribution in [0.3, 0.4) is 0 Å². The van der Waals surface area contributed by atoms with Gasteiger partial charge in [-0.05, 0) is 37.0 Å². The first-order valence-corrected chi connectivity index (χ1v) is 9.67. The van der Waals surface area contributed by atoms with Crippen molar-refractivity contribution < 1.29 is 8.42 Å². The standard InChI is InChI=1S/C20H25NO2S/c1-16(2)15-19(12-11-18-7-5-4-6-8-18)21-24(22,23)20-13-9-17(3)10-14-20/h4-14,16,19,21H,15H2,1-3H3/b12-11+/t19-/m0/s1. The molecule has 0 amide bonds. The molecule has 24 heavy (non-hydrogen) atoms. The summed E-state index contributed by atoms with van der Waals surface area (Å²) in [5, 5.41) is 0. The third-order valence-electron chi connectivity index (χ3n) is 3.68. The lowest BCUT2D eigenvalue weighted by molar-refractivity contribution is 0.508. The number of benzene rings is 2. The lowest BCUT2D eigenvalue weighted by Crippen LogP contribution is -2.34. The van der Waals surface area contributed by atoms with Gasteiger partial charge in [0.1, 0.15) is 0 Å². The highest BCUT2D eigenvalue weighted by Crippen LogP contribution is 2.15. The Hall–Kier alpha value is -1.91. The number of sulfonamides is 1. The van der Waals surface area contributed by atoms with E-state index >= 15 is 0 Å². The first kappa shape index (κ1) is 18.4. The zero-order chi connectivity index (χ0) is 17.6. The molecule has 0 aliphatic heterocycles. The topological polar surface area (TPSA) is 46.2 Å². The lowest BCUT2D eigenvalue weighted by Gasteiger charge is -2.17. The van der Waals surface area contributed by atoms with Crippen LogP contribution in [0.1, 0.15) is 31.4 Å². The molecule has 2 aromatic carbocycles. The van der Waals surface area contributed by atoms with Crippen molar-refractivity contribution in [2.75, 3.05) is 0 Å². The lowest BCUT2D eigenvalue weighted by atomic mass is 10.0. The summed E-state index contributed by atoms with van der Waals surface area (Å²) in [6.07, 6.45) is 4.64. The molecule has 1 N–H and O–H groups in total. The van der Waals surface area contributed by atoms with Gasteiger partial charge in [-0.1, -0.05) is 74.0 Å². The average molecular weight is 343 g/mol. The van der Waals surface area contributed by atoms with Gasteiger partial charge < -0.3 is 0 Å². The van der Waals surface area contributed by atoms with Crippen molar-refractivity contribution in [2.45, 2.75) is 38.1 Å². The Labute approximate surface area is 145 Å². The van der Waals surface area contributed by atoms with Crippen LogP contribution in [0.15, 0.2) is 65.6 Å². The Bertz CT molecular complexity index is 763. The van der Waals surface area contributed by atoms with Crippen LogP contribution >= 0.6 is 0 Å². The maximum Gasteiger partial charge on any atom is 0.241 e. The maximum atomic E-state index is 12.6. The molecule has 0 spiro atoms. The minimum atomic E-state index is -3.53. The number of aryl methyl sites for hydroxylation is 1. The minimum Gasteiger partial charge on any atom is -0.207 e. The summed E-state index contributed by atoms with van der Waals surface area (Å²) >= 11 is 0. The van der Waals surface area contributed by atoms with Gasteiger partial charge in [0.05, 0.1) is 4.90 Å². The largest absolute Gasteiger partial charge is 0.241 e. The van der Waals surface area contributed by atoms with Crippen molar-refractivity contribution in [2.24, 2.45) is 5.92 Å². The van der Waals surface area contributed by atoms with Gasteiger partial charge in [-0.3, -0.25) is 0 Å². The van der Waals surface area contributed by atoms with E-state index in [0.717, 1.165) is 17.5 Å². The monoisotopic (exact) mass is 343 g/mol. The molecule has 0 aliphatic carbocycles. The summed E-state index contributed by atoms with van der Waals surface area (Å²) in [6, 6.07) is 16.6. The molecular weight excluding hydrogens is 318 g/mol. The molecular formula is C20H25NO2S. The van der Waals surface area contributed by atoms with Crippen LogP contribution in [-0.4, -0.2) is 14.5 Å². The van der Waals surface area contributed by atoms with E-state index in [0.29, 0.717) is 10.8 Å². The van der Waals surface area contributed by atoms with E-state index in [1.165, 1.54) is 0 Å². The third kappa shape index (κ3) is 5.62. The molecule has 128 valence electrons. The Kier molecular flexibility index (Phi) is 6.35. The molecule has 0 bridgehead atoms. The molecule has 0 unspecified atom stereocenters. The zero-order valence-corrected chi connectivity index (χ0v) is 15.3. The molecule has 0 radical (unpaired) electrons. The Morgan fingerprint density at radius 3 is 2.21 bits per heavy atom. The summed E-state index contributed by atoms with van der Waals surface area (Å²) in [5.41, 5.74) is 2.09. The van der Waals surface area contributed by atoms with E-state index in [4.69, 9.17) is 0 Å². The number of nitrogens with one attached hydrogen (secondary N) is 1. The van der Waals surface area contributed by atoms with Crippen LogP contribution in [0.5, 0.6) is 0 Å². The first-order valence-electron chi connectivity index (χ1n) is 8.19. The summed E-state index contributed by atoms with van der Waals surface area (Å²) in [5.74, 6) is 0.385. The van der Waals surface area contributed by atoms with Gasteiger partial charge in [0.25, 0.3) is 0 Å². The van der Waals surface area contributed by atoms with Crippen LogP contribution in [0.25, 0.3) is 6.08 Å². The molecule has 4 heteroatoms. The fraction of sp³-hybridized carbons (Fsp3) is 0.300. The molecule has 0 heterocycles. The second-order valence-electron chi connectivity index (χ2n) is 6.44. The van der Waals surface area contributed by atoms with E-state index in [1.807, 2.05) is 61.5 Å². The Morgan fingerprint density at radius 2 is 1.62 bits per heavy atom. The van der Waals surface area contributed by atoms with Gasteiger partial charge >= 0.3 is 0 Å². The van der Waals surface area contributed by atoms with Crippen molar-refractivity contribution in [3.05, 3.63) is 71.8 Å². The molecule has 0 aliphatic rings. The van der Waals surface area contributed by atoms with Crippen molar-refractivity contribution in [1.29, 1.82) is 0 Å². The van der Waals surface area contributed by atoms with Crippen molar-refractivity contribution in [3.8, 4) is 0 Å². The van der Waals surface area contributed by atoms with Gasteiger partial charge in [0, 0.05) is 6.04 Å². The minimum absolute atomic E-state index is 0.239. The second kappa shape index (κ2) is 8.27. The average Bonchev–Trinajstić information content (AvgIpc) is 2.53. The predicted octanol–water partition coefficient (Wildman–Crippen LogP) is 4.40. The molecule has 0 fully saturated rings. The number of hydrogen-bond acceptors (Lipinski definition) is 2. The van der Waals surface area contributed by atoms with E-state index in [1.54, 1.807) is 12.1 Å². The third-order valence-corrected chi connectivity index (χ3v) is 5.19. The highest BCUT2D eigenvalue weighted by molar-refractivity contribution is 7.89. The fourth-order valence-electron chi connectivity index (χ4n) is 2.45. The molecule has 0 aromatic heterocycles. The highest BCUT2D eigenvalue weighted by Gasteiger charge is 2.19. The van der Waals surface area contributed by atoms with Gasteiger partial charge in [-0.2, -0.15) is 0 Å². The summed E-state index contributed by atoms with van der Waals surface area (Å²) in [4.78, 5) is 0.301. The summed E-state index contributed by atoms with van der Waals surface area (Å²) in [6.45, 7) is 6.11. The summed E-state index contributed by atoms with van der Waals surface area (Å²) in [7, 11) is -3.53. The smallest absolute Gasteiger partial charge is 0.207 e. The molecule has 0 saturated carbocycles. The normalized spacial score (nSPS) is 13.5. The van der Waals surface area contributed by atoms with Crippen molar-refractivity contribution in [1.82, 2.24) is 4.72 Å². The Balaban J connectivity index is 2.18. The predicted molar refractivity (Wildman–Crippen MR) is 100 cm³/mol. The van der Waals surface area contributed by atoms with Crippen LogP contribution < -0.4 is 4.72 Å². The van der Waals surface area contributed by atoms with Gasteiger partial charge in [-0.15, -0.1) is 0 Å². The quantitative estimate of drug-likeness (QED) is 0.810. The molecule has 2 rings (SSSR count). The molecule has 2 aromatic rings. The summed E-state index contributed by atoms with van der Waals surface area (Å²) < 4.78 is 28.0. The number of hydrogen-bond donors (Lipinski definition) is 1. The Morgan fingerprint density at radius 1 is 1.00 bits per heavy atom. The highest BCUT2D eigenvalue weighted by atomic mass is 32.2. The van der Waals surface area contributed by atoms with Crippen LogP contribution in [0, 0.1) is 12.8 Å². The van der Waals surface area contributed by atoms with E-state index < -0.39 is 10.0 Å². The van der Waals surface area contributed by atoms with Crippen LogP contribution in [0.2, 0.25) is 0 Å². The fourth-order valence-corrected chi connectivity index (χ4v) is 3.65.